The van der Waals surface area contributed by atoms with Crippen LogP contribution in [0, 0.1) is 0 Å². The number of nitrogens with one attached hydrogen (secondary N) is 1. The third-order valence-electron chi connectivity index (χ3n) is 4.12. The number of hydrogen-bond acceptors (Lipinski definition) is 4. The van der Waals surface area contributed by atoms with E-state index in [0.29, 0.717) is 6.54 Å². The van der Waals surface area contributed by atoms with Crippen LogP contribution in [0.3, 0.4) is 0 Å². The maximum Gasteiger partial charge on any atom is 0.147 e. The second-order valence-corrected chi connectivity index (χ2v) is 6.27. The van der Waals surface area contributed by atoms with Crippen LogP contribution in [0.2, 0.25) is 5.02 Å². The van der Waals surface area contributed by atoms with Crippen molar-refractivity contribution >= 4 is 28.5 Å². The van der Waals surface area contributed by atoms with Crippen LogP contribution in [-0.4, -0.2) is 27.2 Å². The first kappa shape index (κ1) is 15.6. The molecule has 4 aromatic rings. The van der Waals surface area contributed by atoms with Crippen LogP contribution in [0.1, 0.15) is 5.56 Å². The number of aromatic amines is 1. The fourth-order valence-corrected chi connectivity index (χ4v) is 2.93. The summed E-state index contributed by atoms with van der Waals surface area (Å²) in [5, 5.41) is 7.57. The molecule has 0 unspecified atom stereocenters. The Morgan fingerprint density at radius 3 is 2.72 bits per heavy atom. The van der Waals surface area contributed by atoms with Crippen molar-refractivity contribution in [1.82, 2.24) is 20.2 Å². The molecule has 0 saturated heterocycles. The van der Waals surface area contributed by atoms with E-state index in [4.69, 9.17) is 16.6 Å². The third kappa shape index (κ3) is 3.19. The molecule has 4 rings (SSSR count). The first-order valence-corrected chi connectivity index (χ1v) is 8.29. The number of nitrogens with zero attached hydrogens (tertiary/aromatic N) is 4. The van der Waals surface area contributed by atoms with Crippen molar-refractivity contribution in [1.29, 1.82) is 0 Å². The van der Waals surface area contributed by atoms with E-state index >= 15 is 0 Å². The maximum atomic E-state index is 6.25. The Labute approximate surface area is 150 Å². The highest BCUT2D eigenvalue weighted by molar-refractivity contribution is 6.31. The van der Waals surface area contributed by atoms with E-state index < -0.39 is 0 Å². The van der Waals surface area contributed by atoms with Crippen LogP contribution in [0.5, 0.6) is 0 Å². The van der Waals surface area contributed by atoms with Gasteiger partial charge in [0.25, 0.3) is 0 Å². The summed E-state index contributed by atoms with van der Waals surface area (Å²) in [6, 6.07) is 13.9. The minimum atomic E-state index is 0.674. The highest BCUT2D eigenvalue weighted by atomic mass is 35.5. The molecule has 0 atom stereocenters. The second kappa shape index (κ2) is 6.53. The van der Waals surface area contributed by atoms with E-state index in [1.165, 1.54) is 0 Å². The molecular formula is C19H16ClN5. The molecule has 1 N–H and O–H groups in total. The van der Waals surface area contributed by atoms with Crippen molar-refractivity contribution in [2.45, 2.75) is 6.54 Å². The molecule has 124 valence electrons. The fourth-order valence-electron chi connectivity index (χ4n) is 2.74. The Morgan fingerprint density at radius 2 is 1.92 bits per heavy atom. The lowest BCUT2D eigenvalue weighted by molar-refractivity contribution is 0.897. The summed E-state index contributed by atoms with van der Waals surface area (Å²) >= 11 is 6.25. The molecule has 0 aliphatic heterocycles. The lowest BCUT2D eigenvalue weighted by Gasteiger charge is -2.19. The van der Waals surface area contributed by atoms with Gasteiger partial charge in [-0.25, -0.2) is 4.98 Å². The van der Waals surface area contributed by atoms with E-state index in [9.17, 15) is 0 Å². The van der Waals surface area contributed by atoms with Crippen molar-refractivity contribution in [2.75, 3.05) is 11.9 Å². The van der Waals surface area contributed by atoms with E-state index in [-0.39, 0.29) is 0 Å². The summed E-state index contributed by atoms with van der Waals surface area (Å²) in [7, 11) is 1.99. The van der Waals surface area contributed by atoms with Crippen LogP contribution in [0.25, 0.3) is 22.2 Å². The Kier molecular flexibility index (Phi) is 4.07. The van der Waals surface area contributed by atoms with E-state index in [2.05, 4.69) is 15.2 Å². The zero-order valence-electron chi connectivity index (χ0n) is 13.6. The van der Waals surface area contributed by atoms with Crippen LogP contribution in [0.15, 0.2) is 61.1 Å². The summed E-state index contributed by atoms with van der Waals surface area (Å²) in [6.07, 6.45) is 5.44. The zero-order chi connectivity index (χ0) is 17.2. The molecule has 0 saturated carbocycles. The van der Waals surface area contributed by atoms with Gasteiger partial charge >= 0.3 is 0 Å². The third-order valence-corrected chi connectivity index (χ3v) is 4.49. The van der Waals surface area contributed by atoms with Crippen LogP contribution in [-0.2, 0) is 6.54 Å². The van der Waals surface area contributed by atoms with Crippen LogP contribution < -0.4 is 4.90 Å². The SMILES string of the molecule is CN(Cc1ccccc1Cl)c1cnc2cc(-c3cn[nH]c3)ccc2n1. The minimum absolute atomic E-state index is 0.674. The highest BCUT2D eigenvalue weighted by Crippen LogP contribution is 2.24. The average molecular weight is 350 g/mol. The Morgan fingerprint density at radius 1 is 1.04 bits per heavy atom. The van der Waals surface area contributed by atoms with Gasteiger partial charge in [-0.3, -0.25) is 10.1 Å². The maximum absolute atomic E-state index is 6.25. The lowest BCUT2D eigenvalue weighted by Crippen LogP contribution is -2.18. The van der Waals surface area contributed by atoms with Gasteiger partial charge < -0.3 is 4.90 Å². The second-order valence-electron chi connectivity index (χ2n) is 5.87. The van der Waals surface area contributed by atoms with Gasteiger partial charge in [0.05, 0.1) is 23.4 Å². The van der Waals surface area contributed by atoms with Crippen molar-refractivity contribution in [3.63, 3.8) is 0 Å². The summed E-state index contributed by atoms with van der Waals surface area (Å²) in [4.78, 5) is 11.3. The molecule has 0 spiro atoms. The van der Waals surface area contributed by atoms with E-state index in [1.54, 1.807) is 12.4 Å². The highest BCUT2D eigenvalue weighted by Gasteiger charge is 2.09. The number of hydrogen-bond donors (Lipinski definition) is 1. The molecule has 6 heteroatoms. The topological polar surface area (TPSA) is 57.7 Å². The molecular weight excluding hydrogens is 334 g/mol. The Hall–Kier alpha value is -2.92. The summed E-state index contributed by atoms with van der Waals surface area (Å²) in [5.74, 6) is 0.809. The molecule has 25 heavy (non-hydrogen) atoms. The van der Waals surface area contributed by atoms with Gasteiger partial charge in [-0.1, -0.05) is 35.9 Å². The van der Waals surface area contributed by atoms with Crippen molar-refractivity contribution in [2.24, 2.45) is 0 Å². The number of fused-ring (bicyclic) bond motifs is 1. The Balaban J connectivity index is 1.62. The predicted molar refractivity (Wildman–Crippen MR) is 101 cm³/mol. The molecule has 0 fully saturated rings. The van der Waals surface area contributed by atoms with Crippen LogP contribution in [0.4, 0.5) is 5.82 Å². The minimum Gasteiger partial charge on any atom is -0.354 e. The molecule has 0 amide bonds. The molecule has 2 heterocycles. The largest absolute Gasteiger partial charge is 0.354 e. The van der Waals surface area contributed by atoms with E-state index in [1.807, 2.05) is 60.6 Å². The summed E-state index contributed by atoms with van der Waals surface area (Å²) in [6.45, 7) is 0.674. The van der Waals surface area contributed by atoms with Crippen molar-refractivity contribution in [3.8, 4) is 11.1 Å². The number of halogens is 1. The van der Waals surface area contributed by atoms with Crippen LogP contribution >= 0.6 is 11.6 Å². The molecule has 0 aliphatic carbocycles. The van der Waals surface area contributed by atoms with Crippen molar-refractivity contribution < 1.29 is 0 Å². The number of aromatic nitrogens is 4. The Bertz CT molecular complexity index is 1010. The first-order chi connectivity index (χ1) is 12.2. The van der Waals surface area contributed by atoms with Gasteiger partial charge in [0, 0.05) is 30.4 Å². The van der Waals surface area contributed by atoms with Gasteiger partial charge in [-0.15, -0.1) is 0 Å². The number of H-pyrrole nitrogens is 1. The van der Waals surface area contributed by atoms with Crippen molar-refractivity contribution in [3.05, 3.63) is 71.6 Å². The standard InChI is InChI=1S/C19H16ClN5/c1-25(12-14-4-2-3-5-16(14)20)19-11-21-18-8-13(6-7-17(18)24-19)15-9-22-23-10-15/h2-11H,12H2,1H3,(H,22,23). The molecule has 5 nitrogen and oxygen atoms in total. The fraction of sp³-hybridized carbons (Fsp3) is 0.105. The number of benzene rings is 2. The van der Waals surface area contributed by atoms with Gasteiger partial charge in [0.15, 0.2) is 0 Å². The molecule has 0 bridgehead atoms. The van der Waals surface area contributed by atoms with E-state index in [0.717, 1.165) is 38.6 Å². The lowest BCUT2D eigenvalue weighted by atomic mass is 10.1. The number of anilines is 1. The molecule has 2 aromatic carbocycles. The molecule has 0 aliphatic rings. The molecule has 2 aromatic heterocycles. The quantitative estimate of drug-likeness (QED) is 0.596. The summed E-state index contributed by atoms with van der Waals surface area (Å²) < 4.78 is 0. The van der Waals surface area contributed by atoms with Gasteiger partial charge in [0.2, 0.25) is 0 Å². The average Bonchev–Trinajstić information content (AvgIpc) is 3.17. The summed E-state index contributed by atoms with van der Waals surface area (Å²) in [5.41, 5.74) is 4.87. The smallest absolute Gasteiger partial charge is 0.147 e. The monoisotopic (exact) mass is 349 g/mol. The normalized spacial score (nSPS) is 11.0. The van der Waals surface area contributed by atoms with Gasteiger partial charge in [-0.2, -0.15) is 5.10 Å². The first-order valence-electron chi connectivity index (χ1n) is 7.91. The van der Waals surface area contributed by atoms with Gasteiger partial charge in [0.1, 0.15) is 5.82 Å². The predicted octanol–water partition coefficient (Wildman–Crippen LogP) is 4.31. The number of rotatable bonds is 4. The molecule has 0 radical (unpaired) electrons. The van der Waals surface area contributed by atoms with Gasteiger partial charge in [-0.05, 0) is 29.3 Å². The zero-order valence-corrected chi connectivity index (χ0v) is 14.4.